The van der Waals surface area contributed by atoms with Gasteiger partial charge in [-0.1, -0.05) is 51.5 Å². The van der Waals surface area contributed by atoms with E-state index in [1.54, 1.807) is 11.8 Å². The van der Waals surface area contributed by atoms with Gasteiger partial charge in [0.15, 0.2) is 11.5 Å². The predicted molar refractivity (Wildman–Crippen MR) is 104 cm³/mol. The number of halogens is 1. The summed E-state index contributed by atoms with van der Waals surface area (Å²) in [6.45, 7) is 4.73. The van der Waals surface area contributed by atoms with Gasteiger partial charge in [-0.15, -0.1) is 11.7 Å². The molecule has 0 fully saturated rings. The molecule has 0 spiro atoms. The standard InChI is InChI=1S/C20H20BrN3O2/c1-3-6-15-9-10-19(20(11-15)25-2)26-14-17-13-24(23-22-17)12-16-7-4-5-8-18(16)21/h3-5,7-11,13H,1,6,12,14H2,2H3. The maximum atomic E-state index is 5.86. The van der Waals surface area contributed by atoms with Crippen molar-refractivity contribution in [2.75, 3.05) is 7.11 Å². The summed E-state index contributed by atoms with van der Waals surface area (Å²) in [7, 11) is 1.63. The molecule has 6 heteroatoms. The van der Waals surface area contributed by atoms with Crippen LogP contribution in [0.1, 0.15) is 16.8 Å². The fraction of sp³-hybridized carbons (Fsp3) is 0.200. The Kier molecular flexibility index (Phi) is 6.07. The molecular formula is C20H20BrN3O2. The van der Waals surface area contributed by atoms with Crippen molar-refractivity contribution in [3.63, 3.8) is 0 Å². The zero-order chi connectivity index (χ0) is 18.4. The number of rotatable bonds is 8. The molecule has 0 bridgehead atoms. The van der Waals surface area contributed by atoms with E-state index in [1.807, 2.05) is 48.7 Å². The van der Waals surface area contributed by atoms with E-state index in [0.717, 1.165) is 27.7 Å². The van der Waals surface area contributed by atoms with Gasteiger partial charge >= 0.3 is 0 Å². The molecule has 5 nitrogen and oxygen atoms in total. The second-order valence-corrected chi connectivity index (χ2v) is 6.62. The number of methoxy groups -OCH3 is 1. The molecule has 1 heterocycles. The van der Waals surface area contributed by atoms with Crippen molar-refractivity contribution in [2.45, 2.75) is 19.6 Å². The van der Waals surface area contributed by atoms with Gasteiger partial charge in [-0.2, -0.15) is 0 Å². The average molecular weight is 414 g/mol. The first kappa shape index (κ1) is 18.2. The van der Waals surface area contributed by atoms with E-state index in [1.165, 1.54) is 0 Å². The molecule has 0 radical (unpaired) electrons. The Balaban J connectivity index is 1.65. The van der Waals surface area contributed by atoms with E-state index in [9.17, 15) is 0 Å². The van der Waals surface area contributed by atoms with Crippen LogP contribution in [0.5, 0.6) is 11.5 Å². The van der Waals surface area contributed by atoms with Crippen molar-refractivity contribution in [3.8, 4) is 11.5 Å². The van der Waals surface area contributed by atoms with Crippen molar-refractivity contribution >= 4 is 15.9 Å². The Labute approximate surface area is 161 Å². The van der Waals surface area contributed by atoms with E-state index in [2.05, 4.69) is 38.9 Å². The zero-order valence-electron chi connectivity index (χ0n) is 14.6. The van der Waals surface area contributed by atoms with Crippen LogP contribution in [0, 0.1) is 0 Å². The lowest BCUT2D eigenvalue weighted by molar-refractivity contribution is 0.280. The smallest absolute Gasteiger partial charge is 0.161 e. The molecule has 0 unspecified atom stereocenters. The third kappa shape index (κ3) is 4.52. The van der Waals surface area contributed by atoms with E-state index in [0.29, 0.717) is 24.7 Å². The third-order valence-electron chi connectivity index (χ3n) is 3.86. The minimum atomic E-state index is 0.327. The largest absolute Gasteiger partial charge is 0.493 e. The van der Waals surface area contributed by atoms with Gasteiger partial charge in [0.1, 0.15) is 12.3 Å². The molecule has 0 saturated carbocycles. The highest BCUT2D eigenvalue weighted by atomic mass is 79.9. The molecule has 3 rings (SSSR count). The van der Waals surface area contributed by atoms with Gasteiger partial charge in [-0.3, -0.25) is 0 Å². The average Bonchev–Trinajstić information content (AvgIpc) is 3.10. The molecule has 0 amide bonds. The molecule has 0 N–H and O–H groups in total. The van der Waals surface area contributed by atoms with Crippen molar-refractivity contribution in [3.05, 3.63) is 82.6 Å². The van der Waals surface area contributed by atoms with E-state index >= 15 is 0 Å². The van der Waals surface area contributed by atoms with E-state index in [4.69, 9.17) is 9.47 Å². The van der Waals surface area contributed by atoms with Crippen LogP contribution in [-0.2, 0) is 19.6 Å². The topological polar surface area (TPSA) is 49.2 Å². The molecule has 3 aromatic rings. The van der Waals surface area contributed by atoms with Crippen LogP contribution in [-0.4, -0.2) is 22.1 Å². The third-order valence-corrected chi connectivity index (χ3v) is 4.63. The van der Waals surface area contributed by atoms with Gasteiger partial charge in [0.2, 0.25) is 0 Å². The lowest BCUT2D eigenvalue weighted by Crippen LogP contribution is -2.01. The molecule has 0 aliphatic rings. The number of benzene rings is 2. The maximum Gasteiger partial charge on any atom is 0.161 e. The zero-order valence-corrected chi connectivity index (χ0v) is 16.1. The fourth-order valence-electron chi connectivity index (χ4n) is 2.56. The van der Waals surface area contributed by atoms with Crippen LogP contribution >= 0.6 is 15.9 Å². The SMILES string of the molecule is C=CCc1ccc(OCc2cn(Cc3ccccc3Br)nn2)c(OC)c1. The van der Waals surface area contributed by atoms with Crippen LogP contribution in [0.25, 0.3) is 0 Å². The van der Waals surface area contributed by atoms with E-state index in [-0.39, 0.29) is 0 Å². The number of ether oxygens (including phenoxy) is 2. The molecule has 134 valence electrons. The lowest BCUT2D eigenvalue weighted by atomic mass is 10.1. The Morgan fingerprint density at radius 2 is 2.04 bits per heavy atom. The molecule has 1 aromatic heterocycles. The summed E-state index contributed by atoms with van der Waals surface area (Å²) in [5, 5.41) is 8.35. The van der Waals surface area contributed by atoms with Crippen molar-refractivity contribution < 1.29 is 9.47 Å². The minimum absolute atomic E-state index is 0.327. The molecular weight excluding hydrogens is 394 g/mol. The predicted octanol–water partition coefficient (Wildman–Crippen LogP) is 4.41. The highest BCUT2D eigenvalue weighted by molar-refractivity contribution is 9.10. The first-order chi connectivity index (χ1) is 12.7. The molecule has 0 aliphatic heterocycles. The summed E-state index contributed by atoms with van der Waals surface area (Å²) in [6, 6.07) is 13.9. The lowest BCUT2D eigenvalue weighted by Gasteiger charge is -2.10. The van der Waals surface area contributed by atoms with Crippen LogP contribution < -0.4 is 9.47 Å². The number of nitrogens with zero attached hydrogens (tertiary/aromatic N) is 3. The van der Waals surface area contributed by atoms with E-state index < -0.39 is 0 Å². The van der Waals surface area contributed by atoms with Crippen molar-refractivity contribution in [2.24, 2.45) is 0 Å². The van der Waals surface area contributed by atoms with Gasteiger partial charge in [-0.05, 0) is 35.7 Å². The Hall–Kier alpha value is -2.60. The molecule has 0 atom stereocenters. The summed E-state index contributed by atoms with van der Waals surface area (Å²) in [5.41, 5.74) is 3.03. The Bertz CT molecular complexity index is 892. The first-order valence-corrected chi connectivity index (χ1v) is 9.02. The van der Waals surface area contributed by atoms with Gasteiger partial charge in [-0.25, -0.2) is 4.68 Å². The molecule has 2 aromatic carbocycles. The number of hydrogen-bond donors (Lipinski definition) is 0. The van der Waals surface area contributed by atoms with Crippen molar-refractivity contribution in [1.82, 2.24) is 15.0 Å². The Morgan fingerprint density at radius 3 is 2.81 bits per heavy atom. The van der Waals surface area contributed by atoms with Crippen LogP contribution in [0.4, 0.5) is 0 Å². The summed E-state index contributed by atoms with van der Waals surface area (Å²) < 4.78 is 14.1. The summed E-state index contributed by atoms with van der Waals surface area (Å²) >= 11 is 3.55. The fourth-order valence-corrected chi connectivity index (χ4v) is 2.97. The van der Waals surface area contributed by atoms with Crippen LogP contribution in [0.3, 0.4) is 0 Å². The first-order valence-electron chi connectivity index (χ1n) is 8.22. The summed E-state index contributed by atoms with van der Waals surface area (Å²) in [4.78, 5) is 0. The monoisotopic (exact) mass is 413 g/mol. The van der Waals surface area contributed by atoms with Gasteiger partial charge in [0.05, 0.1) is 19.9 Å². The Morgan fingerprint density at radius 1 is 1.19 bits per heavy atom. The molecule has 0 saturated heterocycles. The van der Waals surface area contributed by atoms with Crippen LogP contribution in [0.15, 0.2) is 65.8 Å². The maximum absolute atomic E-state index is 5.86. The highest BCUT2D eigenvalue weighted by Crippen LogP contribution is 2.29. The molecule has 0 aliphatic carbocycles. The number of hydrogen-bond acceptors (Lipinski definition) is 4. The van der Waals surface area contributed by atoms with Crippen LogP contribution in [0.2, 0.25) is 0 Å². The quantitative estimate of drug-likeness (QED) is 0.513. The van der Waals surface area contributed by atoms with Gasteiger partial charge < -0.3 is 9.47 Å². The molecule has 26 heavy (non-hydrogen) atoms. The number of aromatic nitrogens is 3. The van der Waals surface area contributed by atoms with Gasteiger partial charge in [0.25, 0.3) is 0 Å². The highest BCUT2D eigenvalue weighted by Gasteiger charge is 2.08. The normalized spacial score (nSPS) is 10.5. The second-order valence-electron chi connectivity index (χ2n) is 5.77. The number of allylic oxidation sites excluding steroid dienone is 1. The van der Waals surface area contributed by atoms with Crippen molar-refractivity contribution in [1.29, 1.82) is 0 Å². The minimum Gasteiger partial charge on any atom is -0.493 e. The summed E-state index contributed by atoms with van der Waals surface area (Å²) in [5.74, 6) is 1.38. The summed E-state index contributed by atoms with van der Waals surface area (Å²) in [6.07, 6.45) is 4.54. The van der Waals surface area contributed by atoms with Gasteiger partial charge in [0, 0.05) is 4.47 Å². The second kappa shape index (κ2) is 8.67.